The molecule has 0 amide bonds. The fraction of sp³-hybridized carbons (Fsp3) is 1.00. The molecule has 0 spiro atoms. The molecule has 76 valence electrons. The lowest BCUT2D eigenvalue weighted by atomic mass is 9.95. The highest BCUT2D eigenvalue weighted by Crippen LogP contribution is 2.67. The Kier molecular flexibility index (Phi) is 2.08. The van der Waals surface area contributed by atoms with E-state index in [4.69, 9.17) is 0 Å². The Balaban J connectivity index is 0.000000653. The Bertz CT molecular complexity index is 214. The SMILES string of the molecule is Cl.FC1(F)C(C2CC2)C1C1CNC1. The predicted molar refractivity (Wildman–Crippen MR) is 48.3 cm³/mol. The fourth-order valence-electron chi connectivity index (χ4n) is 2.61. The summed E-state index contributed by atoms with van der Waals surface area (Å²) in [6, 6.07) is 0. The molecule has 1 nitrogen and oxygen atoms in total. The highest BCUT2D eigenvalue weighted by atomic mass is 35.5. The molecule has 1 aliphatic heterocycles. The Hall–Kier alpha value is 0.110. The van der Waals surface area contributed by atoms with Crippen molar-refractivity contribution in [3.05, 3.63) is 0 Å². The van der Waals surface area contributed by atoms with E-state index in [0.29, 0.717) is 5.92 Å². The van der Waals surface area contributed by atoms with Crippen LogP contribution in [-0.2, 0) is 0 Å². The highest BCUT2D eigenvalue weighted by molar-refractivity contribution is 5.85. The summed E-state index contributed by atoms with van der Waals surface area (Å²) in [6.07, 6.45) is 2.10. The molecule has 2 unspecified atom stereocenters. The van der Waals surface area contributed by atoms with Crippen molar-refractivity contribution in [1.82, 2.24) is 5.32 Å². The number of nitrogens with one attached hydrogen (secondary N) is 1. The van der Waals surface area contributed by atoms with Crippen LogP contribution < -0.4 is 5.32 Å². The standard InChI is InChI=1S/C9H13F2N.ClH/c10-9(11)7(5-1-2-5)8(9)6-3-12-4-6;/h5-8,12H,1-4H2;1H. The molecule has 1 saturated heterocycles. The summed E-state index contributed by atoms with van der Waals surface area (Å²) in [5.41, 5.74) is 0. The first-order valence-electron chi connectivity index (χ1n) is 4.80. The summed E-state index contributed by atoms with van der Waals surface area (Å²) in [6.45, 7) is 1.65. The van der Waals surface area contributed by atoms with E-state index in [1.165, 1.54) is 0 Å². The molecule has 3 rings (SSSR count). The third-order valence-corrected chi connectivity index (χ3v) is 3.62. The summed E-state index contributed by atoms with van der Waals surface area (Å²) < 4.78 is 26.4. The maximum Gasteiger partial charge on any atom is 0.255 e. The molecule has 0 aromatic carbocycles. The van der Waals surface area contributed by atoms with Crippen molar-refractivity contribution in [1.29, 1.82) is 0 Å². The first-order chi connectivity index (χ1) is 5.71. The second kappa shape index (κ2) is 2.80. The average Bonchev–Trinajstić information content (AvgIpc) is 2.69. The first kappa shape index (κ1) is 9.66. The zero-order chi connectivity index (χ0) is 8.34. The van der Waals surface area contributed by atoms with Gasteiger partial charge in [-0.25, -0.2) is 8.78 Å². The molecule has 3 aliphatic rings. The van der Waals surface area contributed by atoms with Crippen molar-refractivity contribution in [2.45, 2.75) is 18.8 Å². The van der Waals surface area contributed by atoms with Gasteiger partial charge >= 0.3 is 0 Å². The van der Waals surface area contributed by atoms with E-state index in [0.717, 1.165) is 25.9 Å². The van der Waals surface area contributed by atoms with Crippen LogP contribution in [-0.4, -0.2) is 19.0 Å². The van der Waals surface area contributed by atoms with Crippen molar-refractivity contribution >= 4 is 12.4 Å². The lowest BCUT2D eigenvalue weighted by Gasteiger charge is -2.27. The Morgan fingerprint density at radius 2 is 1.54 bits per heavy atom. The normalized spacial score (nSPS) is 42.0. The average molecular weight is 210 g/mol. The predicted octanol–water partition coefficient (Wildman–Crippen LogP) is 1.92. The third-order valence-electron chi connectivity index (χ3n) is 3.62. The van der Waals surface area contributed by atoms with Gasteiger partial charge in [-0.05, 0) is 37.8 Å². The maximum absolute atomic E-state index is 13.2. The van der Waals surface area contributed by atoms with E-state index >= 15 is 0 Å². The molecule has 1 heterocycles. The van der Waals surface area contributed by atoms with E-state index in [1.54, 1.807) is 0 Å². The zero-order valence-corrected chi connectivity index (χ0v) is 8.12. The molecular formula is C9H14ClF2N. The number of halogens is 3. The van der Waals surface area contributed by atoms with Gasteiger partial charge in [0.15, 0.2) is 0 Å². The van der Waals surface area contributed by atoms with Gasteiger partial charge < -0.3 is 5.32 Å². The molecule has 3 fully saturated rings. The van der Waals surface area contributed by atoms with Gasteiger partial charge in [-0.15, -0.1) is 12.4 Å². The van der Waals surface area contributed by atoms with Gasteiger partial charge in [0.05, 0.1) is 0 Å². The van der Waals surface area contributed by atoms with Crippen LogP contribution in [0.4, 0.5) is 8.78 Å². The first-order valence-corrected chi connectivity index (χ1v) is 4.80. The van der Waals surface area contributed by atoms with Crippen LogP contribution in [0.2, 0.25) is 0 Å². The fourth-order valence-corrected chi connectivity index (χ4v) is 2.61. The van der Waals surface area contributed by atoms with Gasteiger partial charge in [0.25, 0.3) is 5.92 Å². The van der Waals surface area contributed by atoms with Gasteiger partial charge in [0.2, 0.25) is 0 Å². The van der Waals surface area contributed by atoms with Crippen molar-refractivity contribution in [2.24, 2.45) is 23.7 Å². The van der Waals surface area contributed by atoms with Crippen LogP contribution in [0, 0.1) is 23.7 Å². The molecule has 13 heavy (non-hydrogen) atoms. The van der Waals surface area contributed by atoms with Gasteiger partial charge in [-0.2, -0.15) is 0 Å². The van der Waals surface area contributed by atoms with Gasteiger partial charge in [0, 0.05) is 11.8 Å². The van der Waals surface area contributed by atoms with E-state index < -0.39 is 5.92 Å². The van der Waals surface area contributed by atoms with Gasteiger partial charge in [0.1, 0.15) is 0 Å². The minimum atomic E-state index is -2.30. The third kappa shape index (κ3) is 1.28. The van der Waals surface area contributed by atoms with E-state index in [-0.39, 0.29) is 30.2 Å². The molecule has 2 aliphatic carbocycles. The van der Waals surface area contributed by atoms with Crippen LogP contribution in [0.3, 0.4) is 0 Å². The summed E-state index contributed by atoms with van der Waals surface area (Å²) >= 11 is 0. The Morgan fingerprint density at radius 1 is 1.00 bits per heavy atom. The molecule has 0 aromatic rings. The summed E-state index contributed by atoms with van der Waals surface area (Å²) in [7, 11) is 0. The second-order valence-electron chi connectivity index (χ2n) is 4.48. The Morgan fingerprint density at radius 3 is 1.92 bits per heavy atom. The zero-order valence-electron chi connectivity index (χ0n) is 7.30. The summed E-state index contributed by atoms with van der Waals surface area (Å²) in [5, 5.41) is 3.07. The number of hydrogen-bond acceptors (Lipinski definition) is 1. The van der Waals surface area contributed by atoms with Crippen molar-refractivity contribution in [3.63, 3.8) is 0 Å². The number of hydrogen-bond donors (Lipinski definition) is 1. The molecule has 0 bridgehead atoms. The van der Waals surface area contributed by atoms with Crippen LogP contribution in [0.1, 0.15) is 12.8 Å². The molecule has 0 aromatic heterocycles. The Labute approximate surface area is 82.7 Å². The van der Waals surface area contributed by atoms with Crippen LogP contribution >= 0.6 is 12.4 Å². The number of rotatable bonds is 2. The molecule has 2 saturated carbocycles. The molecule has 0 radical (unpaired) electrons. The highest BCUT2D eigenvalue weighted by Gasteiger charge is 2.74. The van der Waals surface area contributed by atoms with Crippen molar-refractivity contribution in [3.8, 4) is 0 Å². The van der Waals surface area contributed by atoms with Crippen LogP contribution in [0.15, 0.2) is 0 Å². The topological polar surface area (TPSA) is 12.0 Å². The molecule has 2 atom stereocenters. The smallest absolute Gasteiger partial charge is 0.255 e. The van der Waals surface area contributed by atoms with Gasteiger partial charge in [-0.3, -0.25) is 0 Å². The molecule has 4 heteroatoms. The van der Waals surface area contributed by atoms with Crippen LogP contribution in [0.5, 0.6) is 0 Å². The second-order valence-corrected chi connectivity index (χ2v) is 4.48. The molecular weight excluding hydrogens is 196 g/mol. The monoisotopic (exact) mass is 209 g/mol. The minimum Gasteiger partial charge on any atom is -0.316 e. The maximum atomic E-state index is 13.2. The number of alkyl halides is 2. The summed E-state index contributed by atoms with van der Waals surface area (Å²) in [4.78, 5) is 0. The quantitative estimate of drug-likeness (QED) is 0.733. The van der Waals surface area contributed by atoms with Crippen molar-refractivity contribution < 1.29 is 8.78 Å². The van der Waals surface area contributed by atoms with Crippen molar-refractivity contribution in [2.75, 3.05) is 13.1 Å². The van der Waals surface area contributed by atoms with E-state index in [1.807, 2.05) is 0 Å². The van der Waals surface area contributed by atoms with E-state index in [9.17, 15) is 8.78 Å². The van der Waals surface area contributed by atoms with E-state index in [2.05, 4.69) is 5.32 Å². The van der Waals surface area contributed by atoms with Crippen LogP contribution in [0.25, 0.3) is 0 Å². The largest absolute Gasteiger partial charge is 0.316 e. The summed E-state index contributed by atoms with van der Waals surface area (Å²) in [5.74, 6) is -2.12. The minimum absolute atomic E-state index is 0. The van der Waals surface area contributed by atoms with Gasteiger partial charge in [-0.1, -0.05) is 0 Å². The lowest BCUT2D eigenvalue weighted by Crippen LogP contribution is -2.44. The molecule has 1 N–H and O–H groups in total. The lowest BCUT2D eigenvalue weighted by molar-refractivity contribution is 0.0647.